The molecule has 2 heterocycles. The van der Waals surface area contributed by atoms with Crippen LogP contribution in [0.4, 0.5) is 21.8 Å². The number of anilines is 3. The van der Waals surface area contributed by atoms with Crippen molar-refractivity contribution in [3.63, 3.8) is 0 Å². The number of H-pyrrole nitrogens is 1. The quantitative estimate of drug-likeness (QED) is 0.685. The summed E-state index contributed by atoms with van der Waals surface area (Å²) in [7, 11) is 1.71. The van der Waals surface area contributed by atoms with Gasteiger partial charge in [0.05, 0.1) is 17.3 Å². The summed E-state index contributed by atoms with van der Waals surface area (Å²) < 4.78 is 14.5. The molecule has 0 amide bonds. The van der Waals surface area contributed by atoms with E-state index in [0.29, 0.717) is 33.0 Å². The minimum atomic E-state index is -0.374. The first-order valence-electron chi connectivity index (χ1n) is 5.79. The van der Waals surface area contributed by atoms with Crippen LogP contribution in [-0.4, -0.2) is 27.2 Å². The van der Waals surface area contributed by atoms with Crippen LogP contribution < -0.4 is 10.6 Å². The van der Waals surface area contributed by atoms with Crippen LogP contribution >= 0.6 is 15.9 Å². The largest absolute Gasteiger partial charge is 0.357 e. The fraction of sp³-hybridized carbons (Fsp3) is 0.0833. The fourth-order valence-electron chi connectivity index (χ4n) is 1.78. The molecule has 0 unspecified atom stereocenters. The molecule has 2 aromatic heterocycles. The third-order valence-corrected chi connectivity index (χ3v) is 3.40. The Kier molecular flexibility index (Phi) is 3.23. The van der Waals surface area contributed by atoms with Crippen molar-refractivity contribution in [3.05, 3.63) is 34.7 Å². The maximum atomic E-state index is 13.9. The highest BCUT2D eigenvalue weighted by Crippen LogP contribution is 2.30. The van der Waals surface area contributed by atoms with Crippen LogP contribution in [-0.2, 0) is 0 Å². The summed E-state index contributed by atoms with van der Waals surface area (Å²) in [4.78, 5) is 8.50. The Morgan fingerprint density at radius 2 is 2.15 bits per heavy atom. The van der Waals surface area contributed by atoms with Gasteiger partial charge in [-0.05, 0) is 28.1 Å². The van der Waals surface area contributed by atoms with Crippen molar-refractivity contribution in [3.8, 4) is 0 Å². The van der Waals surface area contributed by atoms with E-state index < -0.39 is 0 Å². The van der Waals surface area contributed by atoms with Crippen molar-refractivity contribution in [2.24, 2.45) is 0 Å². The Hall–Kier alpha value is -2.22. The number of rotatable bonds is 3. The first-order valence-corrected chi connectivity index (χ1v) is 6.58. The molecule has 6 nitrogen and oxygen atoms in total. The second kappa shape index (κ2) is 5.04. The lowest BCUT2D eigenvalue weighted by Gasteiger charge is -2.10. The molecule has 3 rings (SSSR count). The molecular formula is C12H10BrFN6. The van der Waals surface area contributed by atoms with E-state index in [-0.39, 0.29) is 5.82 Å². The second-order valence-corrected chi connectivity index (χ2v) is 4.85. The lowest BCUT2D eigenvalue weighted by atomic mass is 10.3. The van der Waals surface area contributed by atoms with Gasteiger partial charge in [0.25, 0.3) is 0 Å². The number of halogens is 2. The monoisotopic (exact) mass is 336 g/mol. The van der Waals surface area contributed by atoms with Crippen molar-refractivity contribution >= 4 is 44.4 Å². The summed E-state index contributed by atoms with van der Waals surface area (Å²) in [5.74, 6) is 0.510. The molecule has 0 fully saturated rings. The van der Waals surface area contributed by atoms with Crippen LogP contribution in [0.15, 0.2) is 28.9 Å². The van der Waals surface area contributed by atoms with Crippen LogP contribution in [0.1, 0.15) is 0 Å². The second-order valence-electron chi connectivity index (χ2n) is 4.00. The SMILES string of the molecule is CNc1nc(Nc2c(F)cccc2Br)c2cn[nH]c2n1. The van der Waals surface area contributed by atoms with Crippen molar-refractivity contribution in [2.75, 3.05) is 17.7 Å². The highest BCUT2D eigenvalue weighted by molar-refractivity contribution is 9.10. The lowest BCUT2D eigenvalue weighted by molar-refractivity contribution is 0.631. The molecule has 0 bridgehead atoms. The van der Waals surface area contributed by atoms with Gasteiger partial charge in [0.15, 0.2) is 5.65 Å². The van der Waals surface area contributed by atoms with Crippen molar-refractivity contribution < 1.29 is 4.39 Å². The van der Waals surface area contributed by atoms with E-state index in [9.17, 15) is 4.39 Å². The Morgan fingerprint density at radius 1 is 1.30 bits per heavy atom. The highest BCUT2D eigenvalue weighted by Gasteiger charge is 2.12. The predicted molar refractivity (Wildman–Crippen MR) is 78.6 cm³/mol. The standard InChI is InChI=1S/C12H10BrFN6/c1-15-12-18-10(6-5-16-20-11(6)19-12)17-9-7(13)3-2-4-8(9)14/h2-5H,1H3,(H3,15,16,17,18,19,20). The molecular weight excluding hydrogens is 327 g/mol. The van der Waals surface area contributed by atoms with Crippen molar-refractivity contribution in [2.45, 2.75) is 0 Å². The molecule has 0 aliphatic rings. The normalized spacial score (nSPS) is 10.8. The van der Waals surface area contributed by atoms with Crippen LogP contribution in [0.5, 0.6) is 0 Å². The van der Waals surface area contributed by atoms with Crippen LogP contribution in [0.2, 0.25) is 0 Å². The maximum Gasteiger partial charge on any atom is 0.226 e. The number of aromatic amines is 1. The van der Waals surface area contributed by atoms with Crippen LogP contribution in [0.25, 0.3) is 11.0 Å². The highest BCUT2D eigenvalue weighted by atomic mass is 79.9. The first kappa shape index (κ1) is 12.8. The zero-order valence-electron chi connectivity index (χ0n) is 10.4. The number of aromatic nitrogens is 4. The summed E-state index contributed by atoms with van der Waals surface area (Å²) in [5, 5.41) is 13.2. The molecule has 3 N–H and O–H groups in total. The van der Waals surface area contributed by atoms with E-state index in [2.05, 4.69) is 46.7 Å². The molecule has 0 saturated heterocycles. The number of para-hydroxylation sites is 1. The molecule has 102 valence electrons. The van der Waals surface area contributed by atoms with Crippen molar-refractivity contribution in [1.29, 1.82) is 0 Å². The van der Waals surface area contributed by atoms with E-state index in [1.165, 1.54) is 6.07 Å². The van der Waals surface area contributed by atoms with E-state index in [4.69, 9.17) is 0 Å². The molecule has 1 aromatic carbocycles. The van der Waals surface area contributed by atoms with Gasteiger partial charge in [-0.15, -0.1) is 0 Å². The van der Waals surface area contributed by atoms with Gasteiger partial charge >= 0.3 is 0 Å². The molecule has 0 radical (unpaired) electrons. The molecule has 8 heteroatoms. The number of hydrogen-bond acceptors (Lipinski definition) is 5. The number of fused-ring (bicyclic) bond motifs is 1. The smallest absolute Gasteiger partial charge is 0.226 e. The van der Waals surface area contributed by atoms with Gasteiger partial charge in [-0.1, -0.05) is 6.07 Å². The zero-order chi connectivity index (χ0) is 14.1. The lowest BCUT2D eigenvalue weighted by Crippen LogP contribution is -2.02. The summed E-state index contributed by atoms with van der Waals surface area (Å²) in [6.07, 6.45) is 1.59. The average Bonchev–Trinajstić information content (AvgIpc) is 2.91. The summed E-state index contributed by atoms with van der Waals surface area (Å²) >= 11 is 3.31. The maximum absolute atomic E-state index is 13.9. The van der Waals surface area contributed by atoms with Gasteiger partial charge in [-0.2, -0.15) is 15.1 Å². The average molecular weight is 337 g/mol. The Bertz CT molecular complexity index is 751. The number of nitrogens with zero attached hydrogens (tertiary/aromatic N) is 3. The van der Waals surface area contributed by atoms with Gasteiger partial charge in [0.2, 0.25) is 5.95 Å². The van der Waals surface area contributed by atoms with Crippen LogP contribution in [0, 0.1) is 5.82 Å². The molecule has 0 spiro atoms. The van der Waals surface area contributed by atoms with Gasteiger partial charge in [0, 0.05) is 11.5 Å². The minimum Gasteiger partial charge on any atom is -0.357 e. The third kappa shape index (κ3) is 2.18. The fourth-order valence-corrected chi connectivity index (χ4v) is 2.22. The van der Waals surface area contributed by atoms with Crippen molar-refractivity contribution in [1.82, 2.24) is 20.2 Å². The predicted octanol–water partition coefficient (Wildman–Crippen LogP) is 3.04. The topological polar surface area (TPSA) is 78.5 Å². The van der Waals surface area contributed by atoms with Crippen LogP contribution in [0.3, 0.4) is 0 Å². The molecule has 3 aromatic rings. The molecule has 0 saturated carbocycles. The minimum absolute atomic E-state index is 0.316. The zero-order valence-corrected chi connectivity index (χ0v) is 12.0. The van der Waals surface area contributed by atoms with E-state index >= 15 is 0 Å². The molecule has 20 heavy (non-hydrogen) atoms. The number of nitrogens with one attached hydrogen (secondary N) is 3. The Balaban J connectivity index is 2.12. The summed E-state index contributed by atoms with van der Waals surface area (Å²) in [6, 6.07) is 4.75. The number of benzene rings is 1. The summed E-state index contributed by atoms with van der Waals surface area (Å²) in [5.41, 5.74) is 0.884. The Labute approximate surface area is 122 Å². The van der Waals surface area contributed by atoms with Gasteiger partial charge < -0.3 is 10.6 Å². The van der Waals surface area contributed by atoms with Gasteiger partial charge in [-0.25, -0.2) is 4.39 Å². The van der Waals surface area contributed by atoms with Gasteiger partial charge in [-0.3, -0.25) is 5.10 Å². The van der Waals surface area contributed by atoms with E-state index in [1.807, 2.05) is 0 Å². The van der Waals surface area contributed by atoms with E-state index in [1.54, 1.807) is 25.4 Å². The first-order chi connectivity index (χ1) is 9.69. The summed E-state index contributed by atoms with van der Waals surface area (Å²) in [6.45, 7) is 0. The molecule has 0 atom stereocenters. The number of hydrogen-bond donors (Lipinski definition) is 3. The van der Waals surface area contributed by atoms with Gasteiger partial charge in [0.1, 0.15) is 11.6 Å². The molecule has 0 aliphatic heterocycles. The van der Waals surface area contributed by atoms with E-state index in [0.717, 1.165) is 0 Å². The Morgan fingerprint density at radius 3 is 2.90 bits per heavy atom. The third-order valence-electron chi connectivity index (χ3n) is 2.74. The molecule has 0 aliphatic carbocycles.